The predicted octanol–water partition coefficient (Wildman–Crippen LogP) is 0.240. The topological polar surface area (TPSA) is 107 Å². The minimum absolute atomic E-state index is 0.0496. The van der Waals surface area contributed by atoms with E-state index in [2.05, 4.69) is 20.6 Å². The van der Waals surface area contributed by atoms with Gasteiger partial charge in [-0.2, -0.15) is 0 Å². The molecule has 0 bridgehead atoms. The summed E-state index contributed by atoms with van der Waals surface area (Å²) in [4.78, 5) is 43.9. The van der Waals surface area contributed by atoms with Crippen molar-refractivity contribution >= 4 is 34.7 Å². The number of para-hydroxylation sites is 2. The van der Waals surface area contributed by atoms with Gasteiger partial charge in [-0.3, -0.25) is 19.7 Å². The van der Waals surface area contributed by atoms with Gasteiger partial charge in [0, 0.05) is 25.9 Å². The molecule has 8 nitrogen and oxygen atoms in total. The maximum absolute atomic E-state index is 12.0. The van der Waals surface area contributed by atoms with Crippen LogP contribution in [0.15, 0.2) is 24.3 Å². The standard InChI is InChI=1S/C15H17N5O3/c21-12(5-6-14(23)20-8-7-16-13(22)9-20)19-15-17-10-3-1-2-4-11(10)18-15/h1-4H,5-9H2,(H,16,22)(H2,17,18,19,21). The number of carbonyl (C=O) groups is 3. The van der Waals surface area contributed by atoms with E-state index >= 15 is 0 Å². The van der Waals surface area contributed by atoms with Gasteiger partial charge in [-0.1, -0.05) is 12.1 Å². The number of aromatic amines is 1. The Kier molecular flexibility index (Phi) is 4.22. The van der Waals surface area contributed by atoms with Gasteiger partial charge in [0.2, 0.25) is 23.7 Å². The molecule has 1 aromatic carbocycles. The van der Waals surface area contributed by atoms with Crippen LogP contribution in [0.4, 0.5) is 5.95 Å². The summed E-state index contributed by atoms with van der Waals surface area (Å²) >= 11 is 0. The highest BCUT2D eigenvalue weighted by atomic mass is 16.2. The molecule has 0 aliphatic carbocycles. The van der Waals surface area contributed by atoms with Crippen molar-refractivity contribution in [3.05, 3.63) is 24.3 Å². The highest BCUT2D eigenvalue weighted by Crippen LogP contribution is 2.13. The largest absolute Gasteiger partial charge is 0.353 e. The van der Waals surface area contributed by atoms with Crippen LogP contribution in [-0.4, -0.2) is 52.2 Å². The monoisotopic (exact) mass is 315 g/mol. The second-order valence-corrected chi connectivity index (χ2v) is 5.32. The summed E-state index contributed by atoms with van der Waals surface area (Å²) in [7, 11) is 0. The molecule has 3 rings (SSSR count). The maximum Gasteiger partial charge on any atom is 0.239 e. The Morgan fingerprint density at radius 3 is 2.87 bits per heavy atom. The number of aromatic nitrogens is 2. The third-order valence-electron chi connectivity index (χ3n) is 3.60. The first kappa shape index (κ1) is 15.0. The molecular weight excluding hydrogens is 298 g/mol. The van der Waals surface area contributed by atoms with Crippen LogP contribution < -0.4 is 10.6 Å². The highest BCUT2D eigenvalue weighted by Gasteiger charge is 2.21. The normalized spacial score (nSPS) is 14.6. The summed E-state index contributed by atoms with van der Waals surface area (Å²) < 4.78 is 0. The molecule has 2 heterocycles. The van der Waals surface area contributed by atoms with Crippen LogP contribution in [-0.2, 0) is 14.4 Å². The molecule has 120 valence electrons. The number of piperazine rings is 1. The first-order valence-corrected chi connectivity index (χ1v) is 7.41. The fourth-order valence-corrected chi connectivity index (χ4v) is 2.44. The summed E-state index contributed by atoms with van der Waals surface area (Å²) in [6, 6.07) is 7.44. The first-order chi connectivity index (χ1) is 11.1. The van der Waals surface area contributed by atoms with Gasteiger partial charge in [0.05, 0.1) is 17.6 Å². The smallest absolute Gasteiger partial charge is 0.239 e. The van der Waals surface area contributed by atoms with Crippen molar-refractivity contribution in [2.75, 3.05) is 25.0 Å². The van der Waals surface area contributed by atoms with Crippen molar-refractivity contribution in [2.24, 2.45) is 0 Å². The van der Waals surface area contributed by atoms with E-state index in [-0.39, 0.29) is 37.1 Å². The Bertz CT molecular complexity index is 721. The Balaban J connectivity index is 1.51. The number of benzene rings is 1. The Morgan fingerprint density at radius 2 is 2.09 bits per heavy atom. The van der Waals surface area contributed by atoms with E-state index in [1.807, 2.05) is 24.3 Å². The zero-order valence-corrected chi connectivity index (χ0v) is 12.5. The Morgan fingerprint density at radius 1 is 1.26 bits per heavy atom. The number of carbonyl (C=O) groups excluding carboxylic acids is 3. The molecule has 0 atom stereocenters. The van der Waals surface area contributed by atoms with Gasteiger partial charge in [-0.05, 0) is 12.1 Å². The molecule has 0 unspecified atom stereocenters. The molecule has 1 fully saturated rings. The molecular formula is C15H17N5O3. The molecule has 0 saturated carbocycles. The lowest BCUT2D eigenvalue weighted by molar-refractivity contribution is -0.138. The first-order valence-electron chi connectivity index (χ1n) is 7.41. The average Bonchev–Trinajstić information content (AvgIpc) is 2.94. The SMILES string of the molecule is O=C1CN(C(=O)CCC(=O)Nc2nc3ccccc3[nH]2)CCN1. The molecule has 23 heavy (non-hydrogen) atoms. The van der Waals surface area contributed by atoms with Gasteiger partial charge in [0.1, 0.15) is 0 Å². The summed E-state index contributed by atoms with van der Waals surface area (Å²) in [5.41, 5.74) is 1.59. The molecule has 3 N–H and O–H groups in total. The van der Waals surface area contributed by atoms with Crippen molar-refractivity contribution in [2.45, 2.75) is 12.8 Å². The number of anilines is 1. The number of imidazole rings is 1. The summed E-state index contributed by atoms with van der Waals surface area (Å²) in [5, 5.41) is 5.30. The fourth-order valence-electron chi connectivity index (χ4n) is 2.44. The van der Waals surface area contributed by atoms with Gasteiger partial charge in [0.15, 0.2) is 0 Å². The van der Waals surface area contributed by atoms with Crippen LogP contribution in [0, 0.1) is 0 Å². The average molecular weight is 315 g/mol. The van der Waals surface area contributed by atoms with Crippen molar-refractivity contribution in [1.29, 1.82) is 0 Å². The highest BCUT2D eigenvalue weighted by molar-refractivity contribution is 5.94. The minimum Gasteiger partial charge on any atom is -0.353 e. The second kappa shape index (κ2) is 6.47. The Labute approximate surface area is 132 Å². The molecule has 1 aliphatic rings. The van der Waals surface area contributed by atoms with Crippen molar-refractivity contribution in [3.63, 3.8) is 0 Å². The van der Waals surface area contributed by atoms with E-state index in [9.17, 15) is 14.4 Å². The van der Waals surface area contributed by atoms with E-state index in [4.69, 9.17) is 0 Å². The van der Waals surface area contributed by atoms with Gasteiger partial charge in [0.25, 0.3) is 0 Å². The van der Waals surface area contributed by atoms with E-state index in [0.717, 1.165) is 11.0 Å². The number of hydrogen-bond donors (Lipinski definition) is 3. The zero-order chi connectivity index (χ0) is 16.2. The lowest BCUT2D eigenvalue weighted by Gasteiger charge is -2.26. The summed E-state index contributed by atoms with van der Waals surface area (Å²) in [6.07, 6.45) is 0.118. The number of hydrogen-bond acceptors (Lipinski definition) is 4. The minimum atomic E-state index is -0.293. The van der Waals surface area contributed by atoms with Crippen LogP contribution in [0.2, 0.25) is 0 Å². The maximum atomic E-state index is 12.0. The molecule has 1 aromatic heterocycles. The van der Waals surface area contributed by atoms with Crippen LogP contribution in [0.1, 0.15) is 12.8 Å². The van der Waals surface area contributed by atoms with Crippen molar-refractivity contribution < 1.29 is 14.4 Å². The number of H-pyrrole nitrogens is 1. The number of rotatable bonds is 4. The van der Waals surface area contributed by atoms with Crippen LogP contribution in [0.5, 0.6) is 0 Å². The molecule has 0 spiro atoms. The lowest BCUT2D eigenvalue weighted by atomic mass is 10.2. The number of amides is 3. The van der Waals surface area contributed by atoms with Gasteiger partial charge in [-0.15, -0.1) is 0 Å². The van der Waals surface area contributed by atoms with Gasteiger partial charge >= 0.3 is 0 Å². The van der Waals surface area contributed by atoms with Crippen molar-refractivity contribution in [3.8, 4) is 0 Å². The molecule has 1 saturated heterocycles. The van der Waals surface area contributed by atoms with Gasteiger partial charge < -0.3 is 15.2 Å². The van der Waals surface area contributed by atoms with Crippen LogP contribution >= 0.6 is 0 Å². The van der Waals surface area contributed by atoms with Crippen LogP contribution in [0.3, 0.4) is 0 Å². The third-order valence-corrected chi connectivity index (χ3v) is 3.60. The second-order valence-electron chi connectivity index (χ2n) is 5.32. The molecule has 1 aliphatic heterocycles. The summed E-state index contributed by atoms with van der Waals surface area (Å²) in [6.45, 7) is 0.996. The summed E-state index contributed by atoms with van der Waals surface area (Å²) in [5.74, 6) is -0.296. The number of nitrogens with one attached hydrogen (secondary N) is 3. The van der Waals surface area contributed by atoms with E-state index in [0.29, 0.717) is 19.0 Å². The lowest BCUT2D eigenvalue weighted by Crippen LogP contribution is -2.50. The molecule has 3 amide bonds. The van der Waals surface area contributed by atoms with Crippen molar-refractivity contribution in [1.82, 2.24) is 20.2 Å². The quantitative estimate of drug-likeness (QED) is 0.751. The van der Waals surface area contributed by atoms with Crippen LogP contribution in [0.25, 0.3) is 11.0 Å². The molecule has 0 radical (unpaired) electrons. The van der Waals surface area contributed by atoms with Gasteiger partial charge in [-0.25, -0.2) is 4.98 Å². The molecule has 2 aromatic rings. The number of fused-ring (bicyclic) bond motifs is 1. The van der Waals surface area contributed by atoms with E-state index in [1.165, 1.54) is 4.90 Å². The van der Waals surface area contributed by atoms with E-state index in [1.54, 1.807) is 0 Å². The zero-order valence-electron chi connectivity index (χ0n) is 12.5. The molecule has 8 heteroatoms. The fraction of sp³-hybridized carbons (Fsp3) is 0.333. The third kappa shape index (κ3) is 3.65. The predicted molar refractivity (Wildman–Crippen MR) is 83.5 cm³/mol. The number of nitrogens with zero attached hydrogens (tertiary/aromatic N) is 2. The Hall–Kier alpha value is -2.90. The van der Waals surface area contributed by atoms with E-state index < -0.39 is 0 Å².